The Balaban J connectivity index is 1.85. The monoisotopic (exact) mass is 341 g/mol. The summed E-state index contributed by atoms with van der Waals surface area (Å²) in [7, 11) is 0. The van der Waals surface area contributed by atoms with Gasteiger partial charge < -0.3 is 15.6 Å². The molecule has 3 aromatic rings. The molecule has 2 heterocycles. The minimum atomic E-state index is 0.259. The fraction of sp³-hybridized carbons (Fsp3) is 0.167. The molecule has 0 saturated carbocycles. The molecule has 1 unspecified atom stereocenters. The third-order valence-electron chi connectivity index (χ3n) is 3.76. The molecule has 3 nitrogen and oxygen atoms in total. The van der Waals surface area contributed by atoms with Crippen LogP contribution in [0.15, 0.2) is 60.6 Å². The number of hydrogen-bond acceptors (Lipinski definition) is 2. The molecule has 0 fully saturated rings. The number of rotatable bonds is 6. The van der Waals surface area contributed by atoms with E-state index in [1.807, 2.05) is 0 Å². The predicted molar refractivity (Wildman–Crippen MR) is 103 cm³/mol. The third kappa shape index (κ3) is 3.63. The van der Waals surface area contributed by atoms with Crippen molar-refractivity contribution in [2.24, 2.45) is 0 Å². The highest BCUT2D eigenvalue weighted by molar-refractivity contribution is 7.80. The molecule has 0 aliphatic heterocycles. The van der Waals surface area contributed by atoms with E-state index in [0.717, 1.165) is 12.1 Å². The number of fused-ring (bicyclic) bond motifs is 1. The lowest BCUT2D eigenvalue weighted by Crippen LogP contribution is -2.37. The topological polar surface area (TPSA) is 39.8 Å². The maximum atomic E-state index is 5.32. The molecule has 3 N–H and O–H groups in total. The zero-order valence-electron chi connectivity index (χ0n) is 12.7. The Morgan fingerprint density at radius 3 is 2.91 bits per heavy atom. The van der Waals surface area contributed by atoms with Crippen LogP contribution in [0.25, 0.3) is 10.9 Å². The van der Waals surface area contributed by atoms with Crippen LogP contribution in [0.1, 0.15) is 16.4 Å². The molecule has 5 heteroatoms. The van der Waals surface area contributed by atoms with E-state index < -0.39 is 0 Å². The molecule has 0 spiro atoms. The Morgan fingerprint density at radius 1 is 1.26 bits per heavy atom. The minimum Gasteiger partial charge on any atom is -0.362 e. The lowest BCUT2D eigenvalue weighted by Gasteiger charge is -2.17. The summed E-state index contributed by atoms with van der Waals surface area (Å²) in [6.07, 6.45) is 3.90. The van der Waals surface area contributed by atoms with E-state index in [2.05, 4.69) is 70.2 Å². The molecule has 0 saturated heterocycles. The van der Waals surface area contributed by atoms with Crippen LogP contribution in [0.3, 0.4) is 0 Å². The van der Waals surface area contributed by atoms with Crippen molar-refractivity contribution >= 4 is 39.6 Å². The average Bonchev–Trinajstić information content (AvgIpc) is 3.24. The smallest absolute Gasteiger partial charge is 0.166 e. The summed E-state index contributed by atoms with van der Waals surface area (Å²) < 4.78 is 0. The van der Waals surface area contributed by atoms with Gasteiger partial charge in [0.1, 0.15) is 0 Å². The molecular formula is C18H19N3S2. The van der Waals surface area contributed by atoms with Gasteiger partial charge in [-0.15, -0.1) is 17.9 Å². The number of thiophene rings is 1. The van der Waals surface area contributed by atoms with E-state index in [0.29, 0.717) is 11.7 Å². The third-order valence-corrected chi connectivity index (χ3v) is 5.03. The van der Waals surface area contributed by atoms with Crippen molar-refractivity contribution in [2.45, 2.75) is 5.92 Å². The molecule has 2 aromatic heterocycles. The summed E-state index contributed by atoms with van der Waals surface area (Å²) in [5.74, 6) is 0.259. The van der Waals surface area contributed by atoms with Gasteiger partial charge in [0, 0.05) is 41.0 Å². The first-order valence-electron chi connectivity index (χ1n) is 7.51. The lowest BCUT2D eigenvalue weighted by molar-refractivity contribution is 0.762. The summed E-state index contributed by atoms with van der Waals surface area (Å²) in [4.78, 5) is 4.70. The highest BCUT2D eigenvalue weighted by atomic mass is 32.1. The molecule has 1 atom stereocenters. The van der Waals surface area contributed by atoms with Gasteiger partial charge in [0.2, 0.25) is 0 Å². The molecule has 3 rings (SSSR count). The van der Waals surface area contributed by atoms with Crippen molar-refractivity contribution in [3.63, 3.8) is 0 Å². The van der Waals surface area contributed by atoms with Gasteiger partial charge in [-0.25, -0.2) is 0 Å². The van der Waals surface area contributed by atoms with Crippen LogP contribution >= 0.6 is 23.6 Å². The highest BCUT2D eigenvalue weighted by Gasteiger charge is 2.19. The standard InChI is InChI=1S/C18H19N3S2/c1-2-9-19-18(22)21-12-15(17-8-5-10-23-17)14-11-20-16-7-4-3-6-13(14)16/h2-8,10-11,15,20H,1,9,12H2,(H2,19,21,22). The van der Waals surface area contributed by atoms with Crippen LogP contribution < -0.4 is 10.6 Å². The second-order valence-electron chi connectivity index (χ2n) is 5.24. The van der Waals surface area contributed by atoms with Gasteiger partial charge >= 0.3 is 0 Å². The average molecular weight is 342 g/mol. The Bertz CT molecular complexity index is 790. The summed E-state index contributed by atoms with van der Waals surface area (Å²) in [5, 5.41) is 10.5. The quantitative estimate of drug-likeness (QED) is 0.469. The van der Waals surface area contributed by atoms with E-state index >= 15 is 0 Å². The Hall–Kier alpha value is -2.11. The van der Waals surface area contributed by atoms with Crippen molar-refractivity contribution in [1.82, 2.24) is 15.6 Å². The first-order chi connectivity index (χ1) is 11.3. The van der Waals surface area contributed by atoms with Crippen molar-refractivity contribution in [3.05, 3.63) is 71.1 Å². The molecule has 23 heavy (non-hydrogen) atoms. The maximum absolute atomic E-state index is 5.32. The molecule has 0 aliphatic carbocycles. The molecule has 0 bridgehead atoms. The fourth-order valence-electron chi connectivity index (χ4n) is 2.66. The molecule has 1 aromatic carbocycles. The van der Waals surface area contributed by atoms with Gasteiger partial charge in [-0.05, 0) is 35.3 Å². The molecule has 0 amide bonds. The Labute approximate surface area is 145 Å². The number of thiocarbonyl (C=S) groups is 1. The minimum absolute atomic E-state index is 0.259. The first kappa shape index (κ1) is 15.8. The van der Waals surface area contributed by atoms with Crippen molar-refractivity contribution in [1.29, 1.82) is 0 Å². The number of aromatic nitrogens is 1. The Kier molecular flexibility index (Phi) is 5.10. The molecule has 118 valence electrons. The van der Waals surface area contributed by atoms with Crippen LogP contribution in [0.4, 0.5) is 0 Å². The fourth-order valence-corrected chi connectivity index (χ4v) is 3.67. The molecule has 0 aliphatic rings. The van der Waals surface area contributed by atoms with Gasteiger partial charge in [-0.2, -0.15) is 0 Å². The SMILES string of the molecule is C=CCNC(=S)NCC(c1cccs1)c1c[nH]c2ccccc12. The summed E-state index contributed by atoms with van der Waals surface area (Å²) in [5.41, 5.74) is 2.46. The number of benzene rings is 1. The van der Waals surface area contributed by atoms with Gasteiger partial charge in [0.15, 0.2) is 5.11 Å². The molecule has 0 radical (unpaired) electrons. The van der Waals surface area contributed by atoms with Crippen LogP contribution in [0, 0.1) is 0 Å². The number of H-pyrrole nitrogens is 1. The summed E-state index contributed by atoms with van der Waals surface area (Å²) >= 11 is 7.09. The van der Waals surface area contributed by atoms with Gasteiger partial charge in [-0.3, -0.25) is 0 Å². The van der Waals surface area contributed by atoms with Crippen molar-refractivity contribution < 1.29 is 0 Å². The highest BCUT2D eigenvalue weighted by Crippen LogP contribution is 2.32. The largest absolute Gasteiger partial charge is 0.362 e. The van der Waals surface area contributed by atoms with E-state index in [1.54, 1.807) is 17.4 Å². The summed E-state index contributed by atoms with van der Waals surface area (Å²) in [6.45, 7) is 5.12. The van der Waals surface area contributed by atoms with E-state index in [9.17, 15) is 0 Å². The second kappa shape index (κ2) is 7.44. The zero-order valence-corrected chi connectivity index (χ0v) is 14.3. The molecular weight excluding hydrogens is 322 g/mol. The number of aromatic amines is 1. The van der Waals surface area contributed by atoms with Crippen LogP contribution in [-0.2, 0) is 0 Å². The van der Waals surface area contributed by atoms with E-state index in [1.165, 1.54) is 15.8 Å². The van der Waals surface area contributed by atoms with Crippen molar-refractivity contribution in [2.75, 3.05) is 13.1 Å². The normalized spacial score (nSPS) is 12.0. The van der Waals surface area contributed by atoms with Crippen LogP contribution in [-0.4, -0.2) is 23.2 Å². The lowest BCUT2D eigenvalue weighted by atomic mass is 9.97. The van der Waals surface area contributed by atoms with Gasteiger partial charge in [-0.1, -0.05) is 30.3 Å². The number of nitrogens with one attached hydrogen (secondary N) is 3. The Morgan fingerprint density at radius 2 is 2.13 bits per heavy atom. The number of hydrogen-bond donors (Lipinski definition) is 3. The summed E-state index contributed by atoms with van der Waals surface area (Å²) in [6, 6.07) is 12.7. The van der Waals surface area contributed by atoms with Gasteiger partial charge in [0.25, 0.3) is 0 Å². The predicted octanol–water partition coefficient (Wildman–Crippen LogP) is 4.01. The van der Waals surface area contributed by atoms with Crippen LogP contribution in [0.5, 0.6) is 0 Å². The maximum Gasteiger partial charge on any atom is 0.166 e. The van der Waals surface area contributed by atoms with E-state index in [4.69, 9.17) is 12.2 Å². The number of para-hydroxylation sites is 1. The van der Waals surface area contributed by atoms with Crippen LogP contribution in [0.2, 0.25) is 0 Å². The van der Waals surface area contributed by atoms with Gasteiger partial charge in [0.05, 0.1) is 0 Å². The van der Waals surface area contributed by atoms with Crippen molar-refractivity contribution in [3.8, 4) is 0 Å². The first-order valence-corrected chi connectivity index (χ1v) is 8.80. The van der Waals surface area contributed by atoms with E-state index in [-0.39, 0.29) is 5.92 Å². The second-order valence-corrected chi connectivity index (χ2v) is 6.62. The zero-order chi connectivity index (χ0) is 16.1.